The van der Waals surface area contributed by atoms with E-state index in [1.807, 2.05) is 24.5 Å². The predicted octanol–water partition coefficient (Wildman–Crippen LogP) is 5.55. The monoisotopic (exact) mass is 494 g/mol. The summed E-state index contributed by atoms with van der Waals surface area (Å²) in [4.78, 5) is 12.5. The first-order valence-electron chi connectivity index (χ1n) is 12.3. The van der Waals surface area contributed by atoms with Crippen LogP contribution >= 0.6 is 0 Å². The van der Waals surface area contributed by atoms with E-state index in [4.69, 9.17) is 4.99 Å². The fourth-order valence-electron chi connectivity index (χ4n) is 5.49. The highest BCUT2D eigenvalue weighted by molar-refractivity contribution is 7.88. The number of rotatable bonds is 7. The third kappa shape index (κ3) is 5.70. The van der Waals surface area contributed by atoms with E-state index in [9.17, 15) is 12.8 Å². The van der Waals surface area contributed by atoms with Gasteiger partial charge in [-0.2, -0.15) is 0 Å². The molecule has 1 fully saturated rings. The minimum Gasteiger partial charge on any atom is -0.346 e. The molecule has 3 heterocycles. The Bertz CT molecular complexity index is 1350. The van der Waals surface area contributed by atoms with E-state index >= 15 is 0 Å². The third-order valence-electron chi connectivity index (χ3n) is 7.24. The number of H-pyrrole nitrogens is 1. The number of hydrogen-bond donors (Lipinski definition) is 2. The third-order valence-corrected chi connectivity index (χ3v) is 8.00. The van der Waals surface area contributed by atoms with Crippen LogP contribution in [0.3, 0.4) is 0 Å². The predicted molar refractivity (Wildman–Crippen MR) is 139 cm³/mol. The highest BCUT2D eigenvalue weighted by atomic mass is 32.2. The van der Waals surface area contributed by atoms with Crippen LogP contribution in [0, 0.1) is 17.7 Å². The number of pyridine rings is 1. The van der Waals surface area contributed by atoms with Crippen LogP contribution in [-0.4, -0.2) is 36.9 Å². The Hall–Kier alpha value is -2.84. The average molecular weight is 495 g/mol. The van der Waals surface area contributed by atoms with E-state index in [1.54, 1.807) is 12.1 Å². The Morgan fingerprint density at radius 3 is 2.57 bits per heavy atom. The summed E-state index contributed by atoms with van der Waals surface area (Å²) in [6.07, 6.45) is 13.9. The molecule has 2 aromatic heterocycles. The summed E-state index contributed by atoms with van der Waals surface area (Å²) in [5.74, 6) is 0.680. The quantitative estimate of drug-likeness (QED) is 0.451. The Morgan fingerprint density at radius 2 is 1.83 bits per heavy atom. The molecule has 1 aliphatic carbocycles. The number of allylic oxidation sites excluding steroid dienone is 1. The van der Waals surface area contributed by atoms with Gasteiger partial charge in [0.15, 0.2) is 0 Å². The molecule has 0 amide bonds. The molecule has 8 heteroatoms. The molecule has 0 spiro atoms. The van der Waals surface area contributed by atoms with Crippen molar-refractivity contribution in [1.82, 2.24) is 14.7 Å². The number of halogens is 1. The first-order chi connectivity index (χ1) is 16.9. The van der Waals surface area contributed by atoms with Gasteiger partial charge in [0.1, 0.15) is 11.5 Å². The second-order valence-corrected chi connectivity index (χ2v) is 11.6. The first kappa shape index (κ1) is 23.9. The van der Waals surface area contributed by atoms with Crippen LogP contribution in [-0.2, 0) is 10.0 Å². The molecule has 184 valence electrons. The summed E-state index contributed by atoms with van der Waals surface area (Å²) >= 11 is 0. The minimum atomic E-state index is -3.15. The lowest BCUT2D eigenvalue weighted by atomic mass is 9.80. The van der Waals surface area contributed by atoms with Crippen molar-refractivity contribution in [2.75, 3.05) is 6.26 Å². The van der Waals surface area contributed by atoms with Gasteiger partial charge >= 0.3 is 0 Å². The van der Waals surface area contributed by atoms with Crippen LogP contribution in [0.25, 0.3) is 22.3 Å². The van der Waals surface area contributed by atoms with E-state index in [-0.39, 0.29) is 11.9 Å². The lowest BCUT2D eigenvalue weighted by molar-refractivity contribution is 0.288. The lowest BCUT2D eigenvalue weighted by Gasteiger charge is -2.30. The fraction of sp³-hybridized carbons (Fsp3) is 0.407. The molecular formula is C27H31FN4O2S. The zero-order valence-corrected chi connectivity index (χ0v) is 20.7. The number of aliphatic imine (C=N–C) groups is 1. The molecule has 2 N–H and O–H groups in total. The SMILES string of the molecule is CS(=O)(=O)N[C@H]1CC[C@@H](CCC2C=NC(c3ccc(F)cc3)=C(c3ccnc4[nH]ccc34)C2)CC1. The average Bonchev–Trinajstić information content (AvgIpc) is 3.32. The van der Waals surface area contributed by atoms with Crippen LogP contribution in [0.1, 0.15) is 56.1 Å². The second-order valence-electron chi connectivity index (χ2n) is 9.86. The number of benzene rings is 1. The highest BCUT2D eigenvalue weighted by Gasteiger charge is 2.26. The van der Waals surface area contributed by atoms with Crippen molar-refractivity contribution >= 4 is 38.5 Å². The summed E-state index contributed by atoms with van der Waals surface area (Å²) in [6, 6.07) is 10.7. The number of fused-ring (bicyclic) bond motifs is 1. The molecule has 3 aromatic rings. The number of aromatic amines is 1. The molecule has 1 atom stereocenters. The number of sulfonamides is 1. The normalized spacial score (nSPS) is 23.2. The van der Waals surface area contributed by atoms with E-state index in [2.05, 4.69) is 20.9 Å². The van der Waals surface area contributed by atoms with E-state index in [1.165, 1.54) is 18.4 Å². The molecule has 0 radical (unpaired) electrons. The smallest absolute Gasteiger partial charge is 0.208 e. The summed E-state index contributed by atoms with van der Waals surface area (Å²) in [5.41, 5.74) is 4.93. The van der Waals surface area contributed by atoms with Gasteiger partial charge in [0, 0.05) is 35.6 Å². The van der Waals surface area contributed by atoms with Crippen molar-refractivity contribution < 1.29 is 12.8 Å². The molecular weight excluding hydrogens is 463 g/mol. The molecule has 1 aliphatic heterocycles. The molecule has 1 aromatic carbocycles. The number of aromatic nitrogens is 2. The standard InChI is InChI=1S/C27H31FN4O2S/c1-35(33,34)32-22-10-4-18(5-11-22)2-3-19-16-25(23-12-14-29-27-24(23)13-15-30-27)26(31-17-19)20-6-8-21(28)9-7-20/h6-9,12-15,17-19,22,32H,2-5,10-11,16H2,1H3,(H,29,30)/t18-,19?,22+. The Kier molecular flexibility index (Phi) is 6.84. The maximum Gasteiger partial charge on any atom is 0.208 e. The van der Waals surface area contributed by atoms with Crippen LogP contribution in [0.2, 0.25) is 0 Å². The van der Waals surface area contributed by atoms with Crippen LogP contribution in [0.4, 0.5) is 4.39 Å². The van der Waals surface area contributed by atoms with Crippen LogP contribution < -0.4 is 4.72 Å². The molecule has 0 bridgehead atoms. The van der Waals surface area contributed by atoms with Gasteiger partial charge in [0.25, 0.3) is 0 Å². The molecule has 5 rings (SSSR count). The molecule has 2 aliphatic rings. The molecule has 0 saturated heterocycles. The maximum atomic E-state index is 13.6. The van der Waals surface area contributed by atoms with Gasteiger partial charge in [-0.05, 0) is 104 Å². The van der Waals surface area contributed by atoms with Crippen molar-refractivity contribution in [3.63, 3.8) is 0 Å². The van der Waals surface area contributed by atoms with Gasteiger partial charge in [0.2, 0.25) is 10.0 Å². The van der Waals surface area contributed by atoms with Gasteiger partial charge in [-0.25, -0.2) is 22.5 Å². The van der Waals surface area contributed by atoms with E-state index < -0.39 is 10.0 Å². The molecule has 35 heavy (non-hydrogen) atoms. The van der Waals surface area contributed by atoms with Gasteiger partial charge in [-0.15, -0.1) is 0 Å². The van der Waals surface area contributed by atoms with Gasteiger partial charge in [-0.3, -0.25) is 4.99 Å². The van der Waals surface area contributed by atoms with Gasteiger partial charge < -0.3 is 4.98 Å². The fourth-order valence-corrected chi connectivity index (χ4v) is 6.33. The van der Waals surface area contributed by atoms with Crippen molar-refractivity contribution in [1.29, 1.82) is 0 Å². The van der Waals surface area contributed by atoms with Crippen LogP contribution in [0.5, 0.6) is 0 Å². The summed E-state index contributed by atoms with van der Waals surface area (Å²) < 4.78 is 39.4. The summed E-state index contributed by atoms with van der Waals surface area (Å²) in [7, 11) is -3.15. The largest absolute Gasteiger partial charge is 0.346 e. The van der Waals surface area contributed by atoms with E-state index in [0.717, 1.165) is 78.4 Å². The Labute approximate surface area is 205 Å². The molecule has 6 nitrogen and oxygen atoms in total. The van der Waals surface area contributed by atoms with Crippen LogP contribution in [0.15, 0.2) is 53.8 Å². The van der Waals surface area contributed by atoms with Gasteiger partial charge in [0.05, 0.1) is 12.0 Å². The van der Waals surface area contributed by atoms with Gasteiger partial charge in [-0.1, -0.05) is 0 Å². The zero-order valence-electron chi connectivity index (χ0n) is 19.9. The second kappa shape index (κ2) is 10.0. The molecule has 1 unspecified atom stereocenters. The number of nitrogens with zero attached hydrogens (tertiary/aromatic N) is 2. The number of hydrogen-bond acceptors (Lipinski definition) is 4. The Morgan fingerprint density at radius 1 is 1.06 bits per heavy atom. The first-order valence-corrected chi connectivity index (χ1v) is 14.2. The summed E-state index contributed by atoms with van der Waals surface area (Å²) in [6.45, 7) is 0. The molecule has 1 saturated carbocycles. The zero-order chi connectivity index (χ0) is 24.4. The highest BCUT2D eigenvalue weighted by Crippen LogP contribution is 2.40. The lowest BCUT2D eigenvalue weighted by Crippen LogP contribution is -2.36. The summed E-state index contributed by atoms with van der Waals surface area (Å²) in [5, 5.41) is 1.06. The maximum absolute atomic E-state index is 13.6. The minimum absolute atomic E-state index is 0.0701. The Balaban J connectivity index is 1.32. The number of nitrogens with one attached hydrogen (secondary N) is 2. The van der Waals surface area contributed by atoms with E-state index in [0.29, 0.717) is 11.8 Å². The van der Waals surface area contributed by atoms with Crippen molar-refractivity contribution in [3.8, 4) is 0 Å². The topological polar surface area (TPSA) is 87.2 Å². The van der Waals surface area contributed by atoms with Crippen molar-refractivity contribution in [2.45, 2.75) is 51.0 Å². The van der Waals surface area contributed by atoms with Crippen molar-refractivity contribution in [2.24, 2.45) is 16.8 Å². The van der Waals surface area contributed by atoms with Crippen molar-refractivity contribution in [3.05, 3.63) is 65.7 Å².